The highest BCUT2D eigenvalue weighted by Gasteiger charge is 2.02. The van der Waals surface area contributed by atoms with Crippen molar-refractivity contribution in [2.24, 2.45) is 0 Å². The molecule has 1 aromatic heterocycles. The van der Waals surface area contributed by atoms with E-state index in [9.17, 15) is 4.79 Å². The average molecular weight is 275 g/mol. The van der Waals surface area contributed by atoms with Crippen molar-refractivity contribution in [3.05, 3.63) is 52.0 Å². The number of aryl methyl sites for hydroxylation is 1. The van der Waals surface area contributed by atoms with Crippen LogP contribution in [-0.2, 0) is 13.0 Å². The van der Waals surface area contributed by atoms with Gasteiger partial charge in [-0.1, -0.05) is 30.3 Å². The van der Waals surface area contributed by atoms with Crippen molar-refractivity contribution >= 4 is 17.4 Å². The van der Waals surface area contributed by atoms with Crippen molar-refractivity contribution in [1.82, 2.24) is 15.6 Å². The predicted octanol–water partition coefficient (Wildman–Crippen LogP) is 2.49. The van der Waals surface area contributed by atoms with Crippen LogP contribution in [0.5, 0.6) is 0 Å². The summed E-state index contributed by atoms with van der Waals surface area (Å²) in [5.41, 5.74) is 1.09. The van der Waals surface area contributed by atoms with Crippen molar-refractivity contribution in [1.29, 1.82) is 0 Å². The molecule has 19 heavy (non-hydrogen) atoms. The molecule has 0 aliphatic carbocycles. The second-order valence-electron chi connectivity index (χ2n) is 4.21. The van der Waals surface area contributed by atoms with Crippen LogP contribution in [0.4, 0.5) is 4.79 Å². The van der Waals surface area contributed by atoms with Crippen LogP contribution in [0, 0.1) is 6.92 Å². The first kappa shape index (κ1) is 13.5. The van der Waals surface area contributed by atoms with Crippen molar-refractivity contribution in [2.45, 2.75) is 19.9 Å². The monoisotopic (exact) mass is 275 g/mol. The maximum Gasteiger partial charge on any atom is 0.315 e. The number of amides is 2. The van der Waals surface area contributed by atoms with Crippen LogP contribution in [-0.4, -0.2) is 17.6 Å². The Bertz CT molecular complexity index is 524. The molecule has 2 amide bonds. The second kappa shape index (κ2) is 6.89. The lowest BCUT2D eigenvalue weighted by Crippen LogP contribution is -2.36. The number of thiazole rings is 1. The van der Waals surface area contributed by atoms with Crippen LogP contribution in [0.25, 0.3) is 0 Å². The highest BCUT2D eigenvalue weighted by atomic mass is 32.1. The van der Waals surface area contributed by atoms with E-state index in [0.29, 0.717) is 13.1 Å². The van der Waals surface area contributed by atoms with Crippen LogP contribution < -0.4 is 10.6 Å². The molecular formula is C14H17N3OS. The van der Waals surface area contributed by atoms with E-state index in [4.69, 9.17) is 0 Å². The topological polar surface area (TPSA) is 54.0 Å². The Morgan fingerprint density at radius 2 is 2.05 bits per heavy atom. The fourth-order valence-electron chi connectivity index (χ4n) is 1.64. The molecule has 0 saturated carbocycles. The number of rotatable bonds is 5. The third-order valence-electron chi connectivity index (χ3n) is 2.59. The molecule has 1 heterocycles. The summed E-state index contributed by atoms with van der Waals surface area (Å²) in [5, 5.41) is 6.71. The standard InChI is InChI=1S/C14H17N3OS/c1-11-9-16-13(19-11)7-8-15-14(18)17-10-12-5-3-2-4-6-12/h2-6,9H,7-8,10H2,1H3,(H2,15,17,18). The summed E-state index contributed by atoms with van der Waals surface area (Å²) in [6.07, 6.45) is 2.63. The van der Waals surface area contributed by atoms with Gasteiger partial charge in [0.05, 0.1) is 5.01 Å². The summed E-state index contributed by atoms with van der Waals surface area (Å²) in [7, 11) is 0. The lowest BCUT2D eigenvalue weighted by molar-refractivity contribution is 0.240. The predicted molar refractivity (Wildman–Crippen MR) is 77.2 cm³/mol. The Balaban J connectivity index is 1.65. The minimum Gasteiger partial charge on any atom is -0.338 e. The van der Waals surface area contributed by atoms with Gasteiger partial charge in [-0.15, -0.1) is 11.3 Å². The van der Waals surface area contributed by atoms with E-state index >= 15 is 0 Å². The Hall–Kier alpha value is -1.88. The molecule has 0 aliphatic heterocycles. The first-order valence-electron chi connectivity index (χ1n) is 6.21. The van der Waals surface area contributed by atoms with E-state index in [1.54, 1.807) is 11.3 Å². The van der Waals surface area contributed by atoms with Gasteiger partial charge >= 0.3 is 6.03 Å². The SMILES string of the molecule is Cc1cnc(CCNC(=O)NCc2ccccc2)s1. The Labute approximate surface area is 116 Å². The molecule has 2 rings (SSSR count). The zero-order chi connectivity index (χ0) is 13.5. The number of nitrogens with one attached hydrogen (secondary N) is 2. The highest BCUT2D eigenvalue weighted by Crippen LogP contribution is 2.10. The van der Waals surface area contributed by atoms with Gasteiger partial charge in [-0.05, 0) is 12.5 Å². The molecule has 0 atom stereocenters. The van der Waals surface area contributed by atoms with Gasteiger partial charge in [-0.25, -0.2) is 9.78 Å². The maximum atomic E-state index is 11.6. The zero-order valence-corrected chi connectivity index (χ0v) is 11.7. The number of carbonyl (C=O) groups excluding carboxylic acids is 1. The largest absolute Gasteiger partial charge is 0.338 e. The molecule has 5 heteroatoms. The molecule has 2 N–H and O–H groups in total. The maximum absolute atomic E-state index is 11.6. The van der Waals surface area contributed by atoms with E-state index in [1.807, 2.05) is 43.5 Å². The van der Waals surface area contributed by atoms with Gasteiger partial charge < -0.3 is 10.6 Å². The van der Waals surface area contributed by atoms with E-state index < -0.39 is 0 Å². The third kappa shape index (κ3) is 4.71. The molecule has 0 radical (unpaired) electrons. The number of hydrogen-bond donors (Lipinski definition) is 2. The number of carbonyl (C=O) groups is 1. The fourth-order valence-corrected chi connectivity index (χ4v) is 2.43. The summed E-state index contributed by atoms with van der Waals surface area (Å²) >= 11 is 1.67. The Morgan fingerprint density at radius 3 is 2.74 bits per heavy atom. The average Bonchev–Trinajstić information content (AvgIpc) is 2.83. The smallest absolute Gasteiger partial charge is 0.315 e. The Kier molecular flexibility index (Phi) is 4.92. The summed E-state index contributed by atoms with van der Waals surface area (Å²) in [6.45, 7) is 3.18. The number of urea groups is 1. The van der Waals surface area contributed by atoms with Crippen LogP contribution in [0.2, 0.25) is 0 Å². The molecule has 2 aromatic rings. The van der Waals surface area contributed by atoms with Crippen LogP contribution in [0.3, 0.4) is 0 Å². The van der Waals surface area contributed by atoms with Gasteiger partial charge in [-0.2, -0.15) is 0 Å². The van der Waals surface area contributed by atoms with Crippen molar-refractivity contribution in [2.75, 3.05) is 6.54 Å². The molecule has 100 valence electrons. The van der Waals surface area contributed by atoms with E-state index in [-0.39, 0.29) is 6.03 Å². The van der Waals surface area contributed by atoms with Gasteiger partial charge in [-0.3, -0.25) is 0 Å². The first-order valence-corrected chi connectivity index (χ1v) is 7.02. The molecule has 0 bridgehead atoms. The van der Waals surface area contributed by atoms with Gasteiger partial charge in [0.15, 0.2) is 0 Å². The van der Waals surface area contributed by atoms with Gasteiger partial charge in [0.25, 0.3) is 0 Å². The summed E-state index contributed by atoms with van der Waals surface area (Å²) in [6, 6.07) is 9.70. The van der Waals surface area contributed by atoms with Crippen LogP contribution in [0.15, 0.2) is 36.5 Å². The van der Waals surface area contributed by atoms with E-state index in [1.165, 1.54) is 4.88 Å². The minimum atomic E-state index is -0.142. The number of hydrogen-bond acceptors (Lipinski definition) is 3. The molecule has 1 aromatic carbocycles. The third-order valence-corrected chi connectivity index (χ3v) is 3.56. The normalized spacial score (nSPS) is 10.2. The second-order valence-corrected chi connectivity index (χ2v) is 5.53. The molecule has 0 aliphatic rings. The molecular weight excluding hydrogens is 258 g/mol. The molecule has 0 fully saturated rings. The fraction of sp³-hybridized carbons (Fsp3) is 0.286. The highest BCUT2D eigenvalue weighted by molar-refractivity contribution is 7.11. The van der Waals surface area contributed by atoms with Crippen LogP contribution >= 0.6 is 11.3 Å². The summed E-state index contributed by atoms with van der Waals surface area (Å²) in [4.78, 5) is 17.0. The number of aromatic nitrogens is 1. The molecule has 0 spiro atoms. The lowest BCUT2D eigenvalue weighted by atomic mass is 10.2. The van der Waals surface area contributed by atoms with Gasteiger partial charge in [0.1, 0.15) is 0 Å². The number of benzene rings is 1. The molecule has 4 nitrogen and oxygen atoms in total. The van der Waals surface area contributed by atoms with Crippen LogP contribution in [0.1, 0.15) is 15.4 Å². The lowest BCUT2D eigenvalue weighted by Gasteiger charge is -2.06. The summed E-state index contributed by atoms with van der Waals surface area (Å²) in [5.74, 6) is 0. The van der Waals surface area contributed by atoms with Crippen molar-refractivity contribution < 1.29 is 4.79 Å². The minimum absolute atomic E-state index is 0.142. The van der Waals surface area contributed by atoms with Crippen molar-refractivity contribution in [3.63, 3.8) is 0 Å². The first-order chi connectivity index (χ1) is 9.24. The molecule has 0 unspecified atom stereocenters. The molecule has 0 saturated heterocycles. The summed E-state index contributed by atoms with van der Waals surface area (Å²) < 4.78 is 0. The van der Waals surface area contributed by atoms with E-state index in [0.717, 1.165) is 17.0 Å². The Morgan fingerprint density at radius 1 is 1.26 bits per heavy atom. The van der Waals surface area contributed by atoms with E-state index in [2.05, 4.69) is 15.6 Å². The van der Waals surface area contributed by atoms with Gasteiger partial charge in [0, 0.05) is 30.6 Å². The van der Waals surface area contributed by atoms with Gasteiger partial charge in [0.2, 0.25) is 0 Å². The number of nitrogens with zero attached hydrogens (tertiary/aromatic N) is 1. The zero-order valence-electron chi connectivity index (χ0n) is 10.8. The van der Waals surface area contributed by atoms with Crippen molar-refractivity contribution in [3.8, 4) is 0 Å². The quantitative estimate of drug-likeness (QED) is 0.881.